The standard InChI is InChI=1S/C7H12O2S/c1-10(8,9)7-5-3-2-4-6-7/h2-3,5,8-9H,4,6H2,1H3. The van der Waals surface area contributed by atoms with Crippen LogP contribution in [0, 0.1) is 0 Å². The fourth-order valence-corrected chi connectivity index (χ4v) is 1.74. The molecule has 0 saturated carbocycles. The van der Waals surface area contributed by atoms with E-state index < -0.39 is 10.6 Å². The summed E-state index contributed by atoms with van der Waals surface area (Å²) in [6.45, 7) is 0. The molecule has 0 bridgehead atoms. The van der Waals surface area contributed by atoms with Crippen LogP contribution in [0.2, 0.25) is 0 Å². The molecule has 0 amide bonds. The molecule has 0 heterocycles. The Hall–Kier alpha value is -0.250. The van der Waals surface area contributed by atoms with Gasteiger partial charge in [-0.05, 0) is 18.9 Å². The number of rotatable bonds is 1. The lowest BCUT2D eigenvalue weighted by Gasteiger charge is -2.30. The normalized spacial score (nSPS) is 20.5. The molecule has 0 aliphatic heterocycles. The summed E-state index contributed by atoms with van der Waals surface area (Å²) in [5.74, 6) is 0. The molecule has 1 aliphatic rings. The second-order valence-corrected chi connectivity index (χ2v) is 4.62. The van der Waals surface area contributed by atoms with Gasteiger partial charge in [-0.25, -0.2) is 0 Å². The van der Waals surface area contributed by atoms with Gasteiger partial charge in [-0.3, -0.25) is 9.11 Å². The molecule has 0 spiro atoms. The SMILES string of the molecule is CS(O)(O)C1=CC=CCC1. The van der Waals surface area contributed by atoms with Crippen LogP contribution in [-0.4, -0.2) is 15.4 Å². The molecule has 0 aromatic heterocycles. The molecule has 10 heavy (non-hydrogen) atoms. The first-order valence-corrected chi connectivity index (χ1v) is 5.15. The average molecular weight is 160 g/mol. The van der Waals surface area contributed by atoms with E-state index in [1.54, 1.807) is 6.08 Å². The predicted molar refractivity (Wildman–Crippen MR) is 45.2 cm³/mol. The minimum atomic E-state index is -2.42. The van der Waals surface area contributed by atoms with E-state index in [4.69, 9.17) is 0 Å². The van der Waals surface area contributed by atoms with Crippen LogP contribution < -0.4 is 0 Å². The third-order valence-electron chi connectivity index (χ3n) is 1.47. The van der Waals surface area contributed by atoms with Gasteiger partial charge in [0.15, 0.2) is 0 Å². The minimum absolute atomic E-state index is 0.773. The molecule has 0 saturated heterocycles. The molecule has 3 heteroatoms. The highest BCUT2D eigenvalue weighted by molar-refractivity contribution is 8.27. The molecule has 0 fully saturated rings. The Bertz CT molecular complexity index is 177. The zero-order chi connectivity index (χ0) is 7.61. The molecular weight excluding hydrogens is 148 g/mol. The molecule has 0 aromatic rings. The number of hydrogen-bond acceptors (Lipinski definition) is 2. The van der Waals surface area contributed by atoms with Gasteiger partial charge in [0, 0.05) is 11.2 Å². The van der Waals surface area contributed by atoms with Crippen LogP contribution in [0.4, 0.5) is 0 Å². The van der Waals surface area contributed by atoms with Crippen LogP contribution in [0.5, 0.6) is 0 Å². The molecule has 2 nitrogen and oxygen atoms in total. The molecule has 0 atom stereocenters. The Morgan fingerprint density at radius 3 is 2.50 bits per heavy atom. The molecular formula is C7H12O2S. The minimum Gasteiger partial charge on any atom is -0.295 e. The largest absolute Gasteiger partial charge is 0.295 e. The topological polar surface area (TPSA) is 40.5 Å². The van der Waals surface area contributed by atoms with Crippen LogP contribution >= 0.6 is 10.6 Å². The lowest BCUT2D eigenvalue weighted by Crippen LogP contribution is -1.99. The fourth-order valence-electron chi connectivity index (χ4n) is 0.903. The van der Waals surface area contributed by atoms with Gasteiger partial charge >= 0.3 is 0 Å². The van der Waals surface area contributed by atoms with E-state index >= 15 is 0 Å². The molecule has 1 aliphatic carbocycles. The highest BCUT2D eigenvalue weighted by Gasteiger charge is 2.11. The van der Waals surface area contributed by atoms with Crippen molar-refractivity contribution in [3.05, 3.63) is 23.1 Å². The first-order valence-electron chi connectivity index (χ1n) is 3.19. The van der Waals surface area contributed by atoms with Crippen molar-refractivity contribution in [3.63, 3.8) is 0 Å². The smallest absolute Gasteiger partial charge is 0.0358 e. The number of hydrogen-bond donors (Lipinski definition) is 2. The van der Waals surface area contributed by atoms with Crippen LogP contribution in [-0.2, 0) is 0 Å². The van der Waals surface area contributed by atoms with Gasteiger partial charge in [0.25, 0.3) is 0 Å². The van der Waals surface area contributed by atoms with E-state index in [1.165, 1.54) is 6.26 Å². The second kappa shape index (κ2) is 2.78. The highest BCUT2D eigenvalue weighted by atomic mass is 32.3. The Labute approximate surface area is 62.6 Å². The summed E-state index contributed by atoms with van der Waals surface area (Å²) in [6.07, 6.45) is 8.87. The van der Waals surface area contributed by atoms with Gasteiger partial charge in [0.1, 0.15) is 0 Å². The quantitative estimate of drug-likeness (QED) is 0.619. The van der Waals surface area contributed by atoms with Crippen molar-refractivity contribution in [1.82, 2.24) is 0 Å². The lowest BCUT2D eigenvalue weighted by atomic mass is 10.2. The van der Waals surface area contributed by atoms with Crippen molar-refractivity contribution in [1.29, 1.82) is 0 Å². The van der Waals surface area contributed by atoms with Crippen LogP contribution in [0.25, 0.3) is 0 Å². The zero-order valence-electron chi connectivity index (χ0n) is 5.95. The number of allylic oxidation sites excluding steroid dienone is 4. The van der Waals surface area contributed by atoms with Crippen molar-refractivity contribution in [3.8, 4) is 0 Å². The molecule has 0 aromatic carbocycles. The van der Waals surface area contributed by atoms with Crippen molar-refractivity contribution < 1.29 is 9.11 Å². The van der Waals surface area contributed by atoms with Crippen LogP contribution in [0.15, 0.2) is 23.1 Å². The Kier molecular flexibility index (Phi) is 2.18. The maximum Gasteiger partial charge on any atom is 0.0358 e. The molecule has 58 valence electrons. The van der Waals surface area contributed by atoms with E-state index in [0.29, 0.717) is 0 Å². The molecule has 2 N–H and O–H groups in total. The average Bonchev–Trinajstić information content (AvgIpc) is 1.88. The third kappa shape index (κ3) is 1.87. The van der Waals surface area contributed by atoms with Crippen molar-refractivity contribution >= 4 is 10.6 Å². The van der Waals surface area contributed by atoms with Crippen LogP contribution in [0.1, 0.15) is 12.8 Å². The summed E-state index contributed by atoms with van der Waals surface area (Å²) >= 11 is 0. The first-order chi connectivity index (χ1) is 4.61. The maximum absolute atomic E-state index is 9.18. The maximum atomic E-state index is 9.18. The molecule has 0 radical (unpaired) electrons. The predicted octanol–water partition coefficient (Wildman–Crippen LogP) is 2.60. The lowest BCUT2D eigenvalue weighted by molar-refractivity contribution is 0.501. The van der Waals surface area contributed by atoms with Crippen molar-refractivity contribution in [2.24, 2.45) is 0 Å². The van der Waals surface area contributed by atoms with Crippen molar-refractivity contribution in [2.45, 2.75) is 12.8 Å². The zero-order valence-corrected chi connectivity index (χ0v) is 6.77. The fraction of sp³-hybridized carbons (Fsp3) is 0.429. The van der Waals surface area contributed by atoms with Gasteiger partial charge in [0.2, 0.25) is 0 Å². The first kappa shape index (κ1) is 7.85. The van der Waals surface area contributed by atoms with Gasteiger partial charge in [-0.1, -0.05) is 12.2 Å². The third-order valence-corrected chi connectivity index (χ3v) is 2.81. The summed E-state index contributed by atoms with van der Waals surface area (Å²) in [4.78, 5) is 0.773. The summed E-state index contributed by atoms with van der Waals surface area (Å²) in [7, 11) is -2.42. The summed E-state index contributed by atoms with van der Waals surface area (Å²) < 4.78 is 18.4. The summed E-state index contributed by atoms with van der Waals surface area (Å²) in [5, 5.41) is 0. The Morgan fingerprint density at radius 1 is 1.50 bits per heavy atom. The molecule has 1 rings (SSSR count). The Morgan fingerprint density at radius 2 is 2.20 bits per heavy atom. The second-order valence-electron chi connectivity index (χ2n) is 2.43. The van der Waals surface area contributed by atoms with Gasteiger partial charge < -0.3 is 0 Å². The van der Waals surface area contributed by atoms with Crippen LogP contribution in [0.3, 0.4) is 0 Å². The van der Waals surface area contributed by atoms with Gasteiger partial charge in [0.05, 0.1) is 0 Å². The van der Waals surface area contributed by atoms with E-state index in [2.05, 4.69) is 0 Å². The van der Waals surface area contributed by atoms with E-state index in [1.807, 2.05) is 12.2 Å². The van der Waals surface area contributed by atoms with Gasteiger partial charge in [-0.15, -0.1) is 0 Å². The highest BCUT2D eigenvalue weighted by Crippen LogP contribution is 2.46. The molecule has 0 unspecified atom stereocenters. The van der Waals surface area contributed by atoms with Gasteiger partial charge in [-0.2, -0.15) is 10.6 Å². The van der Waals surface area contributed by atoms with E-state index in [0.717, 1.165) is 17.7 Å². The Balaban J connectivity index is 2.72. The van der Waals surface area contributed by atoms with E-state index in [-0.39, 0.29) is 0 Å². The van der Waals surface area contributed by atoms with Crippen molar-refractivity contribution in [2.75, 3.05) is 6.26 Å². The van der Waals surface area contributed by atoms with E-state index in [9.17, 15) is 9.11 Å². The summed E-state index contributed by atoms with van der Waals surface area (Å²) in [6, 6.07) is 0. The summed E-state index contributed by atoms with van der Waals surface area (Å²) in [5.41, 5.74) is 0. The monoisotopic (exact) mass is 160 g/mol.